The summed E-state index contributed by atoms with van der Waals surface area (Å²) in [6.07, 6.45) is 0.312. The maximum Gasteiger partial charge on any atom is 0.254 e. The predicted octanol–water partition coefficient (Wildman–Crippen LogP) is 2.10. The molecule has 1 amide bonds. The van der Waals surface area contributed by atoms with Gasteiger partial charge in [0.1, 0.15) is 6.61 Å². The highest BCUT2D eigenvalue weighted by Crippen LogP contribution is 2.14. The lowest BCUT2D eigenvalue weighted by Gasteiger charge is -2.26. The first-order valence-corrected chi connectivity index (χ1v) is 6.89. The highest BCUT2D eigenvalue weighted by Gasteiger charge is 2.18. The molecule has 21 heavy (non-hydrogen) atoms. The van der Waals surface area contributed by atoms with Crippen molar-refractivity contribution in [3.05, 3.63) is 34.9 Å². The summed E-state index contributed by atoms with van der Waals surface area (Å²) >= 11 is 0. The summed E-state index contributed by atoms with van der Waals surface area (Å²) in [5, 5.41) is 17.5. The van der Waals surface area contributed by atoms with Crippen LogP contribution in [0, 0.1) is 30.1 Å². The molecule has 110 valence electrons. The van der Waals surface area contributed by atoms with E-state index >= 15 is 0 Å². The zero-order valence-corrected chi connectivity index (χ0v) is 12.7. The van der Waals surface area contributed by atoms with Crippen LogP contribution in [-0.2, 0) is 0 Å². The summed E-state index contributed by atoms with van der Waals surface area (Å²) in [6, 6.07) is 7.50. The summed E-state index contributed by atoms with van der Waals surface area (Å²) in [6.45, 7) is 5.96. The molecule has 0 spiro atoms. The van der Waals surface area contributed by atoms with E-state index in [9.17, 15) is 4.79 Å². The first-order chi connectivity index (χ1) is 9.99. The molecule has 1 rings (SSSR count). The minimum atomic E-state index is -0.211. The minimum absolute atomic E-state index is 0.0262. The molecular weight excluding hydrogens is 264 g/mol. The minimum Gasteiger partial charge on any atom is -0.384 e. The first kappa shape index (κ1) is 16.8. The fourth-order valence-corrected chi connectivity index (χ4v) is 2.05. The van der Waals surface area contributed by atoms with Gasteiger partial charge in [-0.3, -0.25) is 4.79 Å². The van der Waals surface area contributed by atoms with Crippen molar-refractivity contribution in [1.82, 2.24) is 4.90 Å². The molecule has 0 aliphatic carbocycles. The fourth-order valence-electron chi connectivity index (χ4n) is 2.05. The van der Waals surface area contributed by atoms with E-state index in [1.165, 1.54) is 0 Å². The van der Waals surface area contributed by atoms with Gasteiger partial charge >= 0.3 is 0 Å². The number of nitriles is 1. The molecule has 1 aromatic rings. The average Bonchev–Trinajstić information content (AvgIpc) is 2.44. The van der Waals surface area contributed by atoms with Gasteiger partial charge in [0.15, 0.2) is 0 Å². The Kier molecular flexibility index (Phi) is 6.46. The Balaban J connectivity index is 3.10. The Hall–Kier alpha value is -2.30. The third-order valence-corrected chi connectivity index (χ3v) is 2.98. The van der Waals surface area contributed by atoms with Crippen molar-refractivity contribution in [1.29, 1.82) is 5.26 Å². The average molecular weight is 284 g/mol. The van der Waals surface area contributed by atoms with E-state index in [4.69, 9.17) is 10.4 Å². The highest BCUT2D eigenvalue weighted by molar-refractivity contribution is 5.95. The zero-order valence-electron chi connectivity index (χ0n) is 12.7. The smallest absolute Gasteiger partial charge is 0.254 e. The molecule has 1 N–H and O–H groups in total. The van der Waals surface area contributed by atoms with Crippen molar-refractivity contribution < 1.29 is 9.90 Å². The lowest BCUT2D eigenvalue weighted by atomic mass is 10.0. The van der Waals surface area contributed by atoms with Crippen molar-refractivity contribution in [2.45, 2.75) is 33.2 Å². The largest absolute Gasteiger partial charge is 0.384 e. The molecule has 0 radical (unpaired) electrons. The maximum absolute atomic E-state index is 12.6. The summed E-state index contributed by atoms with van der Waals surface area (Å²) in [4.78, 5) is 14.3. The van der Waals surface area contributed by atoms with E-state index in [1.54, 1.807) is 11.0 Å². The lowest BCUT2D eigenvalue weighted by molar-refractivity contribution is 0.0710. The van der Waals surface area contributed by atoms with Gasteiger partial charge in [0.25, 0.3) is 5.91 Å². The topological polar surface area (TPSA) is 64.3 Å². The van der Waals surface area contributed by atoms with Crippen molar-refractivity contribution in [3.63, 3.8) is 0 Å². The van der Waals surface area contributed by atoms with E-state index in [0.29, 0.717) is 24.1 Å². The van der Waals surface area contributed by atoms with Crippen LogP contribution in [0.1, 0.15) is 41.8 Å². The molecule has 0 aliphatic heterocycles. The summed E-state index contributed by atoms with van der Waals surface area (Å²) in [7, 11) is 0. The number of hydrogen-bond acceptors (Lipinski definition) is 3. The number of hydrogen-bond donors (Lipinski definition) is 1. The third-order valence-electron chi connectivity index (χ3n) is 2.98. The normalized spacial score (nSPS) is 9.71. The molecule has 4 nitrogen and oxygen atoms in total. The SMILES string of the molecule is Cc1cc(C#CCO)cc(C(=O)N(CCC#N)C(C)C)c1. The standard InChI is InChI=1S/C17H20N2O2/c1-13(2)19(8-5-7-18)17(21)16-11-14(3)10-15(12-16)6-4-9-20/h10-13,20H,5,8-9H2,1-3H3. The van der Waals surface area contributed by atoms with Crippen LogP contribution in [0.3, 0.4) is 0 Å². The molecule has 0 aliphatic rings. The summed E-state index contributed by atoms with van der Waals surface area (Å²) in [5.41, 5.74) is 2.20. The third kappa shape index (κ3) is 4.95. The Morgan fingerprint density at radius 3 is 2.67 bits per heavy atom. The summed E-state index contributed by atoms with van der Waals surface area (Å²) in [5.74, 6) is 5.30. The molecule has 4 heteroatoms. The molecule has 0 saturated carbocycles. The Labute approximate surface area is 126 Å². The van der Waals surface area contributed by atoms with Crippen LogP contribution in [0.2, 0.25) is 0 Å². The molecule has 0 atom stereocenters. The van der Waals surface area contributed by atoms with Gasteiger partial charge < -0.3 is 10.0 Å². The van der Waals surface area contributed by atoms with Crippen molar-refractivity contribution >= 4 is 5.91 Å². The van der Waals surface area contributed by atoms with Gasteiger partial charge in [-0.2, -0.15) is 5.26 Å². The Bertz CT molecular complexity index is 603. The van der Waals surface area contributed by atoms with E-state index in [-0.39, 0.29) is 18.6 Å². The molecular formula is C17H20N2O2. The predicted molar refractivity (Wildman–Crippen MR) is 81.5 cm³/mol. The van der Waals surface area contributed by atoms with Crippen LogP contribution in [0.25, 0.3) is 0 Å². The number of aryl methyl sites for hydroxylation is 1. The lowest BCUT2D eigenvalue weighted by Crippen LogP contribution is -2.37. The van der Waals surface area contributed by atoms with E-state index in [1.807, 2.05) is 32.9 Å². The number of aliphatic hydroxyl groups excluding tert-OH is 1. The van der Waals surface area contributed by atoms with E-state index < -0.39 is 0 Å². The van der Waals surface area contributed by atoms with Crippen LogP contribution in [0.5, 0.6) is 0 Å². The Morgan fingerprint density at radius 1 is 1.38 bits per heavy atom. The zero-order chi connectivity index (χ0) is 15.8. The maximum atomic E-state index is 12.6. The highest BCUT2D eigenvalue weighted by atomic mass is 16.2. The van der Waals surface area contributed by atoms with Gasteiger partial charge in [0, 0.05) is 23.7 Å². The quantitative estimate of drug-likeness (QED) is 0.861. The van der Waals surface area contributed by atoms with E-state index in [2.05, 4.69) is 17.9 Å². The number of amides is 1. The molecule has 0 fully saturated rings. The Morgan fingerprint density at radius 2 is 2.10 bits per heavy atom. The number of nitrogens with zero attached hydrogens (tertiary/aromatic N) is 2. The number of aliphatic hydroxyl groups is 1. The second-order valence-electron chi connectivity index (χ2n) is 5.05. The molecule has 1 aromatic carbocycles. The summed E-state index contributed by atoms with van der Waals surface area (Å²) < 4.78 is 0. The number of benzene rings is 1. The molecule has 0 unspecified atom stereocenters. The van der Waals surface area contributed by atoms with Gasteiger partial charge in [0.05, 0.1) is 12.5 Å². The second-order valence-corrected chi connectivity index (χ2v) is 5.05. The number of rotatable bonds is 4. The van der Waals surface area contributed by atoms with Gasteiger partial charge in [-0.05, 0) is 44.5 Å². The van der Waals surface area contributed by atoms with Crippen LogP contribution in [0.15, 0.2) is 18.2 Å². The van der Waals surface area contributed by atoms with Gasteiger partial charge in [-0.1, -0.05) is 11.8 Å². The van der Waals surface area contributed by atoms with Crippen LogP contribution >= 0.6 is 0 Å². The van der Waals surface area contributed by atoms with Crippen molar-refractivity contribution in [2.75, 3.05) is 13.2 Å². The van der Waals surface area contributed by atoms with Crippen LogP contribution in [-0.4, -0.2) is 35.1 Å². The first-order valence-electron chi connectivity index (χ1n) is 6.89. The van der Waals surface area contributed by atoms with Crippen molar-refractivity contribution in [3.8, 4) is 17.9 Å². The molecule has 0 saturated heterocycles. The fraction of sp³-hybridized carbons (Fsp3) is 0.412. The van der Waals surface area contributed by atoms with Crippen molar-refractivity contribution in [2.24, 2.45) is 0 Å². The number of carbonyl (C=O) groups excluding carboxylic acids is 1. The van der Waals surface area contributed by atoms with Crippen LogP contribution in [0.4, 0.5) is 0 Å². The molecule has 0 heterocycles. The monoisotopic (exact) mass is 284 g/mol. The van der Waals surface area contributed by atoms with Gasteiger partial charge in [0.2, 0.25) is 0 Å². The van der Waals surface area contributed by atoms with Gasteiger partial charge in [-0.15, -0.1) is 0 Å². The number of carbonyl (C=O) groups is 1. The van der Waals surface area contributed by atoms with Gasteiger partial charge in [-0.25, -0.2) is 0 Å². The molecule has 0 aromatic heterocycles. The second kappa shape index (κ2) is 8.09. The molecule has 0 bridgehead atoms. The van der Waals surface area contributed by atoms with E-state index in [0.717, 1.165) is 5.56 Å². The van der Waals surface area contributed by atoms with Crippen LogP contribution < -0.4 is 0 Å².